The van der Waals surface area contributed by atoms with Gasteiger partial charge in [0.25, 0.3) is 0 Å². The summed E-state index contributed by atoms with van der Waals surface area (Å²) in [7, 11) is 4.09. The molecule has 1 aromatic carbocycles. The second-order valence-electron chi connectivity index (χ2n) is 7.16. The van der Waals surface area contributed by atoms with Crippen molar-refractivity contribution in [3.05, 3.63) is 23.8 Å². The van der Waals surface area contributed by atoms with Crippen molar-refractivity contribution in [2.45, 2.75) is 44.9 Å². The molecule has 2 heterocycles. The van der Waals surface area contributed by atoms with E-state index in [1.54, 1.807) is 7.11 Å². The Balaban J connectivity index is 1.97. The topological polar surface area (TPSA) is 24.5 Å². The summed E-state index contributed by atoms with van der Waals surface area (Å²) in [4.78, 5) is 2.53. The molecule has 122 valence electrons. The van der Waals surface area contributed by atoms with Crippen LogP contribution in [0.4, 0.5) is 5.69 Å². The highest BCUT2D eigenvalue weighted by Crippen LogP contribution is 2.53. The molecular formula is C19H30N2O. The minimum absolute atomic E-state index is 0.399. The normalized spacial score (nSPS) is 28.2. The van der Waals surface area contributed by atoms with Gasteiger partial charge in [0, 0.05) is 30.3 Å². The number of methoxy groups -OCH3 is 1. The van der Waals surface area contributed by atoms with Crippen molar-refractivity contribution in [2.75, 3.05) is 39.1 Å². The summed E-state index contributed by atoms with van der Waals surface area (Å²) < 4.78 is 5.70. The lowest BCUT2D eigenvalue weighted by Gasteiger charge is -2.46. The molecule has 0 bridgehead atoms. The van der Waals surface area contributed by atoms with E-state index < -0.39 is 0 Å². The summed E-state index contributed by atoms with van der Waals surface area (Å²) in [5, 5.41) is 3.64. The zero-order chi connectivity index (χ0) is 15.6. The van der Waals surface area contributed by atoms with Crippen LogP contribution in [0.15, 0.2) is 18.2 Å². The van der Waals surface area contributed by atoms with Crippen molar-refractivity contribution in [3.8, 4) is 5.75 Å². The number of benzene rings is 1. The summed E-state index contributed by atoms with van der Waals surface area (Å²) in [5.74, 6) is 1.64. The number of piperidine rings is 1. The first-order valence-corrected chi connectivity index (χ1v) is 8.79. The number of likely N-dealkylation sites (tertiary alicyclic amines) is 1. The van der Waals surface area contributed by atoms with Gasteiger partial charge in [-0.05, 0) is 50.4 Å². The number of nitrogens with one attached hydrogen (secondary N) is 1. The zero-order valence-electron chi connectivity index (χ0n) is 14.3. The fraction of sp³-hybridized carbons (Fsp3) is 0.684. The number of unbranched alkanes of at least 4 members (excludes halogenated alkanes) is 1. The lowest BCUT2D eigenvalue weighted by Crippen LogP contribution is -2.45. The van der Waals surface area contributed by atoms with E-state index in [4.69, 9.17) is 4.74 Å². The number of hydrogen-bond acceptors (Lipinski definition) is 3. The van der Waals surface area contributed by atoms with Crippen molar-refractivity contribution < 1.29 is 4.74 Å². The Kier molecular flexibility index (Phi) is 4.62. The van der Waals surface area contributed by atoms with Crippen molar-refractivity contribution in [2.24, 2.45) is 5.41 Å². The van der Waals surface area contributed by atoms with Crippen LogP contribution in [-0.2, 0) is 0 Å². The first kappa shape index (κ1) is 15.7. The first-order chi connectivity index (χ1) is 10.7. The average molecular weight is 302 g/mol. The van der Waals surface area contributed by atoms with Gasteiger partial charge in [0.1, 0.15) is 5.75 Å². The lowest BCUT2D eigenvalue weighted by molar-refractivity contribution is 0.0727. The molecule has 3 nitrogen and oxygen atoms in total. The fourth-order valence-electron chi connectivity index (χ4n) is 4.66. The van der Waals surface area contributed by atoms with Gasteiger partial charge in [-0.25, -0.2) is 0 Å². The Morgan fingerprint density at radius 2 is 2.27 bits per heavy atom. The molecule has 1 saturated heterocycles. The Morgan fingerprint density at radius 1 is 1.41 bits per heavy atom. The second-order valence-corrected chi connectivity index (χ2v) is 7.16. The average Bonchev–Trinajstić information content (AvgIpc) is 2.97. The van der Waals surface area contributed by atoms with Gasteiger partial charge in [-0.15, -0.1) is 0 Å². The molecule has 0 aliphatic carbocycles. The SMILES string of the molecule is CCCCC1(C2CNc3cccc(OC)c32)CCCN(C)C1. The molecule has 22 heavy (non-hydrogen) atoms. The van der Waals surface area contributed by atoms with Gasteiger partial charge in [0.2, 0.25) is 0 Å². The summed E-state index contributed by atoms with van der Waals surface area (Å²) in [6, 6.07) is 6.43. The fourth-order valence-corrected chi connectivity index (χ4v) is 4.66. The summed E-state index contributed by atoms with van der Waals surface area (Å²) >= 11 is 0. The minimum Gasteiger partial charge on any atom is -0.496 e. The molecule has 0 spiro atoms. The second kappa shape index (κ2) is 6.49. The molecular weight excluding hydrogens is 272 g/mol. The van der Waals surface area contributed by atoms with Crippen LogP contribution in [0.25, 0.3) is 0 Å². The zero-order valence-corrected chi connectivity index (χ0v) is 14.3. The van der Waals surface area contributed by atoms with Gasteiger partial charge >= 0.3 is 0 Å². The van der Waals surface area contributed by atoms with Gasteiger partial charge in [0.05, 0.1) is 7.11 Å². The molecule has 2 aliphatic rings. The monoisotopic (exact) mass is 302 g/mol. The molecule has 0 saturated carbocycles. The van der Waals surface area contributed by atoms with Crippen molar-refractivity contribution in [1.29, 1.82) is 0 Å². The van der Waals surface area contributed by atoms with Gasteiger partial charge in [-0.3, -0.25) is 0 Å². The molecule has 3 rings (SSSR count). The van der Waals surface area contributed by atoms with Gasteiger partial charge in [-0.1, -0.05) is 25.8 Å². The Hall–Kier alpha value is -1.22. The number of fused-ring (bicyclic) bond motifs is 1. The van der Waals surface area contributed by atoms with Crippen LogP contribution in [-0.4, -0.2) is 38.7 Å². The lowest BCUT2D eigenvalue weighted by atomic mass is 9.65. The molecule has 0 amide bonds. The summed E-state index contributed by atoms with van der Waals surface area (Å²) in [6.45, 7) is 5.83. The van der Waals surface area contributed by atoms with E-state index in [9.17, 15) is 0 Å². The molecule has 2 atom stereocenters. The molecule has 0 radical (unpaired) electrons. The van der Waals surface area contributed by atoms with Crippen LogP contribution >= 0.6 is 0 Å². The van der Waals surface area contributed by atoms with Crippen LogP contribution < -0.4 is 10.1 Å². The van der Waals surface area contributed by atoms with Crippen molar-refractivity contribution in [1.82, 2.24) is 4.90 Å². The molecule has 1 N–H and O–H groups in total. The van der Waals surface area contributed by atoms with E-state index in [-0.39, 0.29) is 0 Å². The van der Waals surface area contributed by atoms with E-state index in [1.165, 1.54) is 56.4 Å². The predicted octanol–water partition coefficient (Wildman–Crippen LogP) is 4.11. The van der Waals surface area contributed by atoms with E-state index in [0.29, 0.717) is 11.3 Å². The number of ether oxygens (including phenoxy) is 1. The van der Waals surface area contributed by atoms with Crippen molar-refractivity contribution in [3.63, 3.8) is 0 Å². The molecule has 1 aromatic rings. The Labute approximate surface area is 135 Å². The maximum absolute atomic E-state index is 5.70. The minimum atomic E-state index is 0.399. The smallest absolute Gasteiger partial charge is 0.124 e. The molecule has 2 aliphatic heterocycles. The molecule has 3 heteroatoms. The van der Waals surface area contributed by atoms with Gasteiger partial charge in [0.15, 0.2) is 0 Å². The van der Waals surface area contributed by atoms with E-state index in [2.05, 4.69) is 42.4 Å². The van der Waals surface area contributed by atoms with Crippen LogP contribution in [0, 0.1) is 5.41 Å². The van der Waals surface area contributed by atoms with Crippen LogP contribution in [0.1, 0.15) is 50.5 Å². The van der Waals surface area contributed by atoms with E-state index in [0.717, 1.165) is 12.3 Å². The third-order valence-electron chi connectivity index (χ3n) is 5.70. The third kappa shape index (κ3) is 2.71. The van der Waals surface area contributed by atoms with Gasteiger partial charge in [-0.2, -0.15) is 0 Å². The third-order valence-corrected chi connectivity index (χ3v) is 5.70. The molecule has 0 aromatic heterocycles. The highest BCUT2D eigenvalue weighted by Gasteiger charge is 2.45. The first-order valence-electron chi connectivity index (χ1n) is 8.79. The number of anilines is 1. The Bertz CT molecular complexity index is 516. The molecule has 2 unspecified atom stereocenters. The van der Waals surface area contributed by atoms with Crippen LogP contribution in [0.3, 0.4) is 0 Å². The van der Waals surface area contributed by atoms with Gasteiger partial charge < -0.3 is 15.0 Å². The predicted molar refractivity (Wildman–Crippen MR) is 92.9 cm³/mol. The standard InChI is InChI=1S/C19H30N2O/c1-4-5-10-19(11-7-12-21(2)14-19)15-13-20-16-8-6-9-17(22-3)18(15)16/h6,8-9,15,20H,4-5,7,10-14H2,1-3H3. The highest BCUT2D eigenvalue weighted by atomic mass is 16.5. The summed E-state index contributed by atoms with van der Waals surface area (Å²) in [6.07, 6.45) is 6.61. The number of hydrogen-bond donors (Lipinski definition) is 1. The molecule has 1 fully saturated rings. The van der Waals surface area contributed by atoms with Crippen LogP contribution in [0.5, 0.6) is 5.75 Å². The summed E-state index contributed by atoms with van der Waals surface area (Å²) in [5.41, 5.74) is 3.11. The maximum Gasteiger partial charge on any atom is 0.124 e. The van der Waals surface area contributed by atoms with E-state index >= 15 is 0 Å². The maximum atomic E-state index is 5.70. The largest absolute Gasteiger partial charge is 0.496 e. The van der Waals surface area contributed by atoms with E-state index in [1.807, 2.05) is 0 Å². The van der Waals surface area contributed by atoms with Crippen molar-refractivity contribution >= 4 is 5.69 Å². The number of rotatable bonds is 5. The van der Waals surface area contributed by atoms with Crippen LogP contribution in [0.2, 0.25) is 0 Å². The Morgan fingerprint density at radius 3 is 3.00 bits per heavy atom. The quantitative estimate of drug-likeness (QED) is 0.886. The highest BCUT2D eigenvalue weighted by molar-refractivity contribution is 5.64. The number of nitrogens with zero attached hydrogens (tertiary/aromatic N) is 1.